The number of aromatic nitrogens is 2. The molecule has 3 aromatic rings. The van der Waals surface area contributed by atoms with Gasteiger partial charge >= 0.3 is 5.97 Å². The third-order valence-corrected chi connectivity index (χ3v) is 6.78. The summed E-state index contributed by atoms with van der Waals surface area (Å²) in [5.41, 5.74) is 1.97. The molecular weight excluding hydrogens is 454 g/mol. The number of carbonyl (C=O) groups is 2. The van der Waals surface area contributed by atoms with Gasteiger partial charge in [-0.25, -0.2) is 4.68 Å². The number of thiophene rings is 1. The van der Waals surface area contributed by atoms with Gasteiger partial charge in [-0.15, -0.1) is 11.3 Å². The van der Waals surface area contributed by atoms with Gasteiger partial charge in [-0.2, -0.15) is 5.10 Å². The standard InChI is InChI=1S/C21H20BrN3O3S/c22-18-10-9-17(29-18)19-16(12-25(24-19)15-7-2-1-3-8-15)20(26)23-14-6-4-5-13(11-14)21(27)28/h1-3,7-10,12-14H,4-6,11H2,(H,23,26)(H,27,28)/t13-,14+/m0/s1. The zero-order valence-electron chi connectivity index (χ0n) is 15.5. The van der Waals surface area contributed by atoms with Crippen LogP contribution in [0.1, 0.15) is 36.0 Å². The largest absolute Gasteiger partial charge is 0.481 e. The Labute approximate surface area is 180 Å². The highest BCUT2D eigenvalue weighted by Gasteiger charge is 2.29. The second-order valence-corrected chi connectivity index (χ2v) is 9.61. The summed E-state index contributed by atoms with van der Waals surface area (Å²) in [6.07, 6.45) is 4.47. The molecule has 0 spiro atoms. The van der Waals surface area contributed by atoms with Crippen LogP contribution in [0.2, 0.25) is 0 Å². The topological polar surface area (TPSA) is 84.2 Å². The number of rotatable bonds is 5. The number of hydrogen-bond acceptors (Lipinski definition) is 4. The van der Waals surface area contributed by atoms with Crippen LogP contribution in [0.3, 0.4) is 0 Å². The highest BCUT2D eigenvalue weighted by molar-refractivity contribution is 9.11. The van der Waals surface area contributed by atoms with Crippen LogP contribution >= 0.6 is 27.3 Å². The monoisotopic (exact) mass is 473 g/mol. The fourth-order valence-electron chi connectivity index (χ4n) is 3.68. The molecule has 1 aromatic carbocycles. The van der Waals surface area contributed by atoms with Crippen LogP contribution in [0, 0.1) is 5.92 Å². The lowest BCUT2D eigenvalue weighted by Crippen LogP contribution is -2.40. The predicted molar refractivity (Wildman–Crippen MR) is 115 cm³/mol. The molecule has 6 nitrogen and oxygen atoms in total. The first-order valence-electron chi connectivity index (χ1n) is 9.45. The SMILES string of the molecule is O=C(N[C@@H]1CCC[C@H](C(=O)O)C1)c1cn(-c2ccccc2)nc1-c1ccc(Br)s1. The Morgan fingerprint density at radius 2 is 1.97 bits per heavy atom. The number of halogens is 1. The van der Waals surface area contributed by atoms with E-state index in [-0.39, 0.29) is 11.9 Å². The van der Waals surface area contributed by atoms with Crippen LogP contribution in [0.25, 0.3) is 16.3 Å². The number of carboxylic acid groups (broad SMARTS) is 1. The molecule has 0 saturated heterocycles. The maximum atomic E-state index is 13.1. The van der Waals surface area contributed by atoms with Gasteiger partial charge in [0.2, 0.25) is 0 Å². The molecule has 2 N–H and O–H groups in total. The van der Waals surface area contributed by atoms with Crippen molar-refractivity contribution >= 4 is 39.1 Å². The molecule has 1 aliphatic rings. The first kappa shape index (κ1) is 19.8. The van der Waals surface area contributed by atoms with Gasteiger partial charge < -0.3 is 10.4 Å². The molecule has 8 heteroatoms. The molecule has 1 aliphatic carbocycles. The number of nitrogens with zero attached hydrogens (tertiary/aromatic N) is 2. The lowest BCUT2D eigenvalue weighted by molar-refractivity contribution is -0.143. The molecular formula is C21H20BrN3O3S. The molecule has 0 radical (unpaired) electrons. The smallest absolute Gasteiger partial charge is 0.306 e. The number of aliphatic carboxylic acids is 1. The summed E-state index contributed by atoms with van der Waals surface area (Å²) in [4.78, 5) is 25.3. The third-order valence-electron chi connectivity index (χ3n) is 5.14. The van der Waals surface area contributed by atoms with Gasteiger partial charge in [0, 0.05) is 12.2 Å². The molecule has 29 heavy (non-hydrogen) atoms. The summed E-state index contributed by atoms with van der Waals surface area (Å²) < 4.78 is 2.67. The zero-order chi connectivity index (χ0) is 20.4. The second-order valence-electron chi connectivity index (χ2n) is 7.15. The van der Waals surface area contributed by atoms with E-state index < -0.39 is 11.9 Å². The molecule has 0 unspecified atom stereocenters. The van der Waals surface area contributed by atoms with E-state index in [0.717, 1.165) is 27.2 Å². The Hall–Kier alpha value is -2.45. The molecule has 1 fully saturated rings. The molecule has 2 aromatic heterocycles. The van der Waals surface area contributed by atoms with Crippen LogP contribution in [-0.2, 0) is 4.79 Å². The van der Waals surface area contributed by atoms with Crippen molar-refractivity contribution in [3.8, 4) is 16.3 Å². The molecule has 4 rings (SSSR count). The van der Waals surface area contributed by atoms with E-state index in [1.165, 1.54) is 11.3 Å². The maximum absolute atomic E-state index is 13.1. The van der Waals surface area contributed by atoms with Crippen molar-refractivity contribution in [2.45, 2.75) is 31.7 Å². The Bertz CT molecular complexity index is 1030. The maximum Gasteiger partial charge on any atom is 0.306 e. The van der Waals surface area contributed by atoms with E-state index in [2.05, 4.69) is 26.3 Å². The highest BCUT2D eigenvalue weighted by Crippen LogP contribution is 2.33. The number of nitrogens with one attached hydrogen (secondary N) is 1. The van der Waals surface area contributed by atoms with Crippen molar-refractivity contribution < 1.29 is 14.7 Å². The first-order valence-corrected chi connectivity index (χ1v) is 11.1. The van der Waals surface area contributed by atoms with Crippen LogP contribution in [0.15, 0.2) is 52.4 Å². The first-order chi connectivity index (χ1) is 14.0. The van der Waals surface area contributed by atoms with Gasteiger partial charge in [0.15, 0.2) is 0 Å². The number of benzene rings is 1. The van der Waals surface area contributed by atoms with Crippen LogP contribution in [-0.4, -0.2) is 32.8 Å². The lowest BCUT2D eigenvalue weighted by Gasteiger charge is -2.27. The van der Waals surface area contributed by atoms with Crippen molar-refractivity contribution in [2.75, 3.05) is 0 Å². The van der Waals surface area contributed by atoms with Gasteiger partial charge in [-0.1, -0.05) is 24.6 Å². The Balaban J connectivity index is 1.63. The number of amides is 1. The molecule has 1 saturated carbocycles. The number of para-hydroxylation sites is 1. The van der Waals surface area contributed by atoms with E-state index in [4.69, 9.17) is 0 Å². The minimum absolute atomic E-state index is 0.139. The second kappa shape index (κ2) is 8.51. The third kappa shape index (κ3) is 4.43. The fraction of sp³-hybridized carbons (Fsp3) is 0.286. The van der Waals surface area contributed by atoms with E-state index in [1.54, 1.807) is 10.9 Å². The summed E-state index contributed by atoms with van der Waals surface area (Å²) in [6, 6.07) is 13.4. The average Bonchev–Trinajstić information content (AvgIpc) is 3.35. The summed E-state index contributed by atoms with van der Waals surface area (Å²) in [6.45, 7) is 0. The van der Waals surface area contributed by atoms with E-state index in [1.807, 2.05) is 42.5 Å². The Kier molecular flexibility index (Phi) is 5.82. The van der Waals surface area contributed by atoms with E-state index >= 15 is 0 Å². The molecule has 0 bridgehead atoms. The molecule has 2 heterocycles. The quantitative estimate of drug-likeness (QED) is 0.560. The lowest BCUT2D eigenvalue weighted by atomic mass is 9.85. The summed E-state index contributed by atoms with van der Waals surface area (Å²) in [5, 5.41) is 17.0. The summed E-state index contributed by atoms with van der Waals surface area (Å²) in [7, 11) is 0. The molecule has 150 valence electrons. The number of hydrogen-bond donors (Lipinski definition) is 2. The minimum atomic E-state index is -0.787. The normalized spacial score (nSPS) is 19.1. The number of carbonyl (C=O) groups excluding carboxylic acids is 1. The van der Waals surface area contributed by atoms with Crippen molar-refractivity contribution in [3.63, 3.8) is 0 Å². The average molecular weight is 474 g/mol. The van der Waals surface area contributed by atoms with Crippen LogP contribution < -0.4 is 5.32 Å². The van der Waals surface area contributed by atoms with Gasteiger partial charge in [0.25, 0.3) is 5.91 Å². The molecule has 1 amide bonds. The van der Waals surface area contributed by atoms with Crippen LogP contribution in [0.5, 0.6) is 0 Å². The summed E-state index contributed by atoms with van der Waals surface area (Å²) in [5.74, 6) is -1.40. The molecule has 0 aliphatic heterocycles. The van der Waals surface area contributed by atoms with Gasteiger partial charge in [-0.3, -0.25) is 9.59 Å². The summed E-state index contributed by atoms with van der Waals surface area (Å²) >= 11 is 4.98. The van der Waals surface area contributed by atoms with Gasteiger partial charge in [0.1, 0.15) is 5.69 Å². The highest BCUT2D eigenvalue weighted by atomic mass is 79.9. The Morgan fingerprint density at radius 3 is 2.66 bits per heavy atom. The van der Waals surface area contributed by atoms with Crippen molar-refractivity contribution in [1.29, 1.82) is 0 Å². The van der Waals surface area contributed by atoms with Crippen molar-refractivity contribution in [3.05, 3.63) is 58.0 Å². The van der Waals surface area contributed by atoms with E-state index in [0.29, 0.717) is 24.1 Å². The van der Waals surface area contributed by atoms with Crippen molar-refractivity contribution in [2.24, 2.45) is 5.92 Å². The van der Waals surface area contributed by atoms with Crippen LogP contribution in [0.4, 0.5) is 0 Å². The number of carboxylic acids is 1. The minimum Gasteiger partial charge on any atom is -0.481 e. The van der Waals surface area contributed by atoms with Gasteiger partial charge in [-0.05, 0) is 59.5 Å². The molecule has 2 atom stereocenters. The Morgan fingerprint density at radius 1 is 1.17 bits per heavy atom. The zero-order valence-corrected chi connectivity index (χ0v) is 17.9. The fourth-order valence-corrected chi connectivity index (χ4v) is 5.07. The predicted octanol–water partition coefficient (Wildman–Crippen LogP) is 4.74. The van der Waals surface area contributed by atoms with Gasteiger partial charge in [0.05, 0.1) is 25.8 Å². The van der Waals surface area contributed by atoms with E-state index in [9.17, 15) is 14.7 Å². The van der Waals surface area contributed by atoms with Crippen molar-refractivity contribution in [1.82, 2.24) is 15.1 Å².